The van der Waals surface area contributed by atoms with Crippen molar-refractivity contribution in [3.8, 4) is 11.5 Å². The molecule has 0 aliphatic carbocycles. The highest BCUT2D eigenvalue weighted by Crippen LogP contribution is 2.32. The minimum absolute atomic E-state index is 0.0344. The lowest BCUT2D eigenvalue weighted by molar-refractivity contribution is 0.0639. The van der Waals surface area contributed by atoms with Crippen LogP contribution >= 0.6 is 0 Å². The molecule has 0 unspecified atom stereocenters. The Morgan fingerprint density at radius 1 is 1.00 bits per heavy atom. The molecule has 0 atom stereocenters. The Bertz CT molecular complexity index is 723. The number of hydrogen-bond acceptors (Lipinski definition) is 5. The standard InChI is InChI=1S/C16H14N2O4/c1-21-13-7-8-17-12(14(13)22-2)9-18-15(19)10-5-3-4-6-11(10)16(18)20/h3-8H,9H2,1-2H3. The third kappa shape index (κ3) is 2.09. The molecule has 2 aromatic rings. The maximum Gasteiger partial charge on any atom is 0.261 e. The van der Waals surface area contributed by atoms with Gasteiger partial charge in [-0.25, -0.2) is 0 Å². The molecular formula is C16H14N2O4. The quantitative estimate of drug-likeness (QED) is 0.806. The zero-order valence-corrected chi connectivity index (χ0v) is 12.2. The summed E-state index contributed by atoms with van der Waals surface area (Å²) >= 11 is 0. The second-order valence-corrected chi connectivity index (χ2v) is 4.74. The van der Waals surface area contributed by atoms with Crippen LogP contribution in [-0.2, 0) is 6.54 Å². The molecule has 0 N–H and O–H groups in total. The van der Waals surface area contributed by atoms with E-state index in [1.165, 1.54) is 14.2 Å². The van der Waals surface area contributed by atoms with Gasteiger partial charge in [-0.3, -0.25) is 19.5 Å². The van der Waals surface area contributed by atoms with Crippen LogP contribution in [0.3, 0.4) is 0 Å². The van der Waals surface area contributed by atoms with Gasteiger partial charge in [0.25, 0.3) is 11.8 Å². The third-order valence-electron chi connectivity index (χ3n) is 3.55. The van der Waals surface area contributed by atoms with E-state index >= 15 is 0 Å². The number of nitrogens with zero attached hydrogens (tertiary/aromatic N) is 2. The van der Waals surface area contributed by atoms with Gasteiger partial charge in [0.1, 0.15) is 5.69 Å². The van der Waals surface area contributed by atoms with Crippen LogP contribution < -0.4 is 9.47 Å². The molecule has 1 aromatic heterocycles. The molecule has 112 valence electrons. The van der Waals surface area contributed by atoms with E-state index in [1.54, 1.807) is 36.5 Å². The molecule has 2 amide bonds. The predicted molar refractivity (Wildman–Crippen MR) is 78.0 cm³/mol. The van der Waals surface area contributed by atoms with E-state index in [4.69, 9.17) is 9.47 Å². The van der Waals surface area contributed by atoms with Crippen molar-refractivity contribution in [3.05, 3.63) is 53.3 Å². The van der Waals surface area contributed by atoms with E-state index in [2.05, 4.69) is 4.98 Å². The number of rotatable bonds is 4. The predicted octanol–water partition coefficient (Wildman–Crippen LogP) is 1.89. The SMILES string of the molecule is COc1ccnc(CN2C(=O)c3ccccc3C2=O)c1OC. The first-order chi connectivity index (χ1) is 10.7. The maximum atomic E-state index is 12.4. The number of amides is 2. The van der Waals surface area contributed by atoms with E-state index in [9.17, 15) is 9.59 Å². The summed E-state index contributed by atoms with van der Waals surface area (Å²) in [5, 5.41) is 0. The smallest absolute Gasteiger partial charge is 0.261 e. The Morgan fingerprint density at radius 2 is 1.64 bits per heavy atom. The molecule has 6 heteroatoms. The molecule has 0 bridgehead atoms. The van der Waals surface area contributed by atoms with Gasteiger partial charge in [-0.2, -0.15) is 0 Å². The van der Waals surface area contributed by atoms with Crippen molar-refractivity contribution in [2.45, 2.75) is 6.54 Å². The van der Waals surface area contributed by atoms with Crippen molar-refractivity contribution in [2.24, 2.45) is 0 Å². The van der Waals surface area contributed by atoms with Crippen LogP contribution in [0.15, 0.2) is 36.5 Å². The van der Waals surface area contributed by atoms with Crippen molar-refractivity contribution in [2.75, 3.05) is 14.2 Å². The molecule has 1 aliphatic rings. The Balaban J connectivity index is 1.96. The van der Waals surface area contributed by atoms with Crippen molar-refractivity contribution >= 4 is 11.8 Å². The molecule has 6 nitrogen and oxygen atoms in total. The lowest BCUT2D eigenvalue weighted by Crippen LogP contribution is -2.29. The number of carbonyl (C=O) groups is 2. The molecule has 3 rings (SSSR count). The molecule has 0 radical (unpaired) electrons. The van der Waals surface area contributed by atoms with Crippen LogP contribution in [0, 0.1) is 0 Å². The van der Waals surface area contributed by atoms with Crippen LogP contribution in [0.1, 0.15) is 26.4 Å². The lowest BCUT2D eigenvalue weighted by atomic mass is 10.1. The fourth-order valence-electron chi connectivity index (χ4n) is 2.50. The Labute approximate surface area is 127 Å². The van der Waals surface area contributed by atoms with Gasteiger partial charge in [0.2, 0.25) is 0 Å². The van der Waals surface area contributed by atoms with Gasteiger partial charge in [0, 0.05) is 12.3 Å². The van der Waals surface area contributed by atoms with Crippen molar-refractivity contribution in [1.29, 1.82) is 0 Å². The number of pyridine rings is 1. The third-order valence-corrected chi connectivity index (χ3v) is 3.55. The number of methoxy groups -OCH3 is 2. The van der Waals surface area contributed by atoms with Crippen LogP contribution in [-0.4, -0.2) is 35.9 Å². The first kappa shape index (κ1) is 14.1. The Kier molecular flexibility index (Phi) is 3.50. The Hall–Kier alpha value is -2.89. The molecule has 1 aromatic carbocycles. The van der Waals surface area contributed by atoms with Crippen molar-refractivity contribution in [3.63, 3.8) is 0 Å². The van der Waals surface area contributed by atoms with Crippen LogP contribution in [0.5, 0.6) is 11.5 Å². The van der Waals surface area contributed by atoms with Crippen LogP contribution in [0.2, 0.25) is 0 Å². The summed E-state index contributed by atoms with van der Waals surface area (Å²) < 4.78 is 10.5. The second kappa shape index (κ2) is 5.48. The summed E-state index contributed by atoms with van der Waals surface area (Å²) in [6, 6.07) is 8.41. The highest BCUT2D eigenvalue weighted by molar-refractivity contribution is 6.21. The number of fused-ring (bicyclic) bond motifs is 1. The number of benzene rings is 1. The summed E-state index contributed by atoms with van der Waals surface area (Å²) in [6.45, 7) is 0.0344. The minimum atomic E-state index is -0.327. The summed E-state index contributed by atoms with van der Waals surface area (Å²) in [6.07, 6.45) is 1.55. The van der Waals surface area contributed by atoms with E-state index in [0.717, 1.165) is 4.90 Å². The lowest BCUT2D eigenvalue weighted by Gasteiger charge is -2.16. The number of hydrogen-bond donors (Lipinski definition) is 0. The second-order valence-electron chi connectivity index (χ2n) is 4.74. The normalized spacial score (nSPS) is 13.3. The molecule has 22 heavy (non-hydrogen) atoms. The molecule has 0 spiro atoms. The highest BCUT2D eigenvalue weighted by Gasteiger charge is 2.36. The first-order valence-electron chi connectivity index (χ1n) is 6.68. The van der Waals surface area contributed by atoms with E-state index < -0.39 is 0 Å². The summed E-state index contributed by atoms with van der Waals surface area (Å²) in [4.78, 5) is 30.1. The summed E-state index contributed by atoms with van der Waals surface area (Å²) in [5.74, 6) is 0.269. The highest BCUT2D eigenvalue weighted by atomic mass is 16.5. The van der Waals surface area contributed by atoms with Gasteiger partial charge in [-0.05, 0) is 12.1 Å². The molecule has 0 saturated carbocycles. The molecule has 2 heterocycles. The summed E-state index contributed by atoms with van der Waals surface area (Å²) in [7, 11) is 3.01. The largest absolute Gasteiger partial charge is 0.493 e. The number of ether oxygens (including phenoxy) is 2. The van der Waals surface area contributed by atoms with E-state index in [-0.39, 0.29) is 18.4 Å². The molecule has 0 fully saturated rings. The van der Waals surface area contributed by atoms with Gasteiger partial charge >= 0.3 is 0 Å². The average molecular weight is 298 g/mol. The van der Waals surface area contributed by atoms with Gasteiger partial charge in [0.05, 0.1) is 31.9 Å². The van der Waals surface area contributed by atoms with Crippen molar-refractivity contribution in [1.82, 2.24) is 9.88 Å². The fourth-order valence-corrected chi connectivity index (χ4v) is 2.50. The summed E-state index contributed by atoms with van der Waals surface area (Å²) in [5.41, 5.74) is 1.29. The number of aromatic nitrogens is 1. The average Bonchev–Trinajstić information content (AvgIpc) is 2.80. The zero-order chi connectivity index (χ0) is 15.7. The molecular weight excluding hydrogens is 284 g/mol. The van der Waals surface area contributed by atoms with E-state index in [1.807, 2.05) is 0 Å². The minimum Gasteiger partial charge on any atom is -0.493 e. The monoisotopic (exact) mass is 298 g/mol. The maximum absolute atomic E-state index is 12.4. The number of imide groups is 1. The van der Waals surface area contributed by atoms with E-state index in [0.29, 0.717) is 28.3 Å². The zero-order valence-electron chi connectivity index (χ0n) is 12.2. The van der Waals surface area contributed by atoms with Gasteiger partial charge in [-0.15, -0.1) is 0 Å². The van der Waals surface area contributed by atoms with Gasteiger partial charge in [-0.1, -0.05) is 12.1 Å². The van der Waals surface area contributed by atoms with Crippen LogP contribution in [0.4, 0.5) is 0 Å². The fraction of sp³-hybridized carbons (Fsp3) is 0.188. The van der Waals surface area contributed by atoms with Gasteiger partial charge < -0.3 is 9.47 Å². The van der Waals surface area contributed by atoms with Crippen LogP contribution in [0.25, 0.3) is 0 Å². The van der Waals surface area contributed by atoms with Gasteiger partial charge in [0.15, 0.2) is 11.5 Å². The molecule has 0 saturated heterocycles. The number of carbonyl (C=O) groups excluding carboxylic acids is 2. The Morgan fingerprint density at radius 3 is 2.18 bits per heavy atom. The topological polar surface area (TPSA) is 68.7 Å². The van der Waals surface area contributed by atoms with Crippen molar-refractivity contribution < 1.29 is 19.1 Å². The first-order valence-corrected chi connectivity index (χ1v) is 6.68. The molecule has 1 aliphatic heterocycles.